The number of benzene rings is 1. The molecule has 0 unspecified atom stereocenters. The third-order valence-corrected chi connectivity index (χ3v) is 9.45. The Balaban J connectivity index is 1.44. The largest absolute Gasteiger partial charge is 0.493 e. The summed E-state index contributed by atoms with van der Waals surface area (Å²) >= 11 is 1.77. The zero-order valence-corrected chi connectivity index (χ0v) is 20.4. The van der Waals surface area contributed by atoms with Gasteiger partial charge in [0.05, 0.1) is 25.2 Å². The van der Waals surface area contributed by atoms with Crippen molar-refractivity contribution in [2.75, 3.05) is 33.9 Å². The summed E-state index contributed by atoms with van der Waals surface area (Å²) in [6.07, 6.45) is 2.87. The van der Waals surface area contributed by atoms with Crippen LogP contribution >= 0.6 is 11.3 Å². The predicted octanol–water partition coefficient (Wildman–Crippen LogP) is 3.70. The fraction of sp³-hybridized carbons (Fsp3) is 0.522. The average molecular weight is 479 g/mol. The smallest absolute Gasteiger partial charge is 0.243 e. The first-order valence-electron chi connectivity index (χ1n) is 11.0. The van der Waals surface area contributed by atoms with E-state index in [0.29, 0.717) is 37.4 Å². The summed E-state index contributed by atoms with van der Waals surface area (Å²) in [5.41, 5.74) is 1.28. The van der Waals surface area contributed by atoms with Crippen LogP contribution in [-0.2, 0) is 21.2 Å². The zero-order valence-electron chi connectivity index (χ0n) is 18.7. The molecule has 1 saturated heterocycles. The maximum absolute atomic E-state index is 13.4. The topological polar surface area (TPSA) is 76.2 Å². The molecule has 1 fully saturated rings. The van der Waals surface area contributed by atoms with Crippen LogP contribution in [0.15, 0.2) is 34.5 Å². The van der Waals surface area contributed by atoms with E-state index >= 15 is 0 Å². The van der Waals surface area contributed by atoms with E-state index in [1.54, 1.807) is 17.4 Å². The molecule has 7 nitrogen and oxygen atoms in total. The molecule has 1 aromatic heterocycles. The molecule has 174 valence electrons. The molecule has 9 heteroatoms. The number of nitrogens with zero attached hydrogens (tertiary/aromatic N) is 2. The second kappa shape index (κ2) is 9.41. The molecule has 4 rings (SSSR count). The minimum absolute atomic E-state index is 0.131. The van der Waals surface area contributed by atoms with Crippen molar-refractivity contribution in [1.29, 1.82) is 0 Å². The van der Waals surface area contributed by atoms with Gasteiger partial charge in [-0.05, 0) is 54.8 Å². The molecule has 1 atom stereocenters. The van der Waals surface area contributed by atoms with Gasteiger partial charge in [-0.15, -0.1) is 11.3 Å². The number of thiophene rings is 1. The number of carbonyl (C=O) groups excluding carboxylic acids is 1. The highest BCUT2D eigenvalue weighted by Gasteiger charge is 2.37. The van der Waals surface area contributed by atoms with E-state index in [1.807, 2.05) is 4.90 Å². The Morgan fingerprint density at radius 3 is 2.47 bits per heavy atom. The maximum Gasteiger partial charge on any atom is 0.243 e. The molecule has 1 aromatic carbocycles. The van der Waals surface area contributed by atoms with Gasteiger partial charge in [-0.2, -0.15) is 4.31 Å². The summed E-state index contributed by atoms with van der Waals surface area (Å²) in [6, 6.07) is 6.90. The Morgan fingerprint density at radius 1 is 1.09 bits per heavy atom. The Labute approximate surface area is 194 Å². The Morgan fingerprint density at radius 2 is 1.81 bits per heavy atom. The van der Waals surface area contributed by atoms with Crippen molar-refractivity contribution in [3.8, 4) is 11.5 Å². The van der Waals surface area contributed by atoms with E-state index in [4.69, 9.17) is 9.47 Å². The van der Waals surface area contributed by atoms with Gasteiger partial charge in [0.15, 0.2) is 11.5 Å². The van der Waals surface area contributed by atoms with Gasteiger partial charge in [0, 0.05) is 36.5 Å². The molecule has 0 N–H and O–H groups in total. The second-order valence-electron chi connectivity index (χ2n) is 8.20. The van der Waals surface area contributed by atoms with E-state index in [1.165, 1.54) is 41.1 Å². The number of methoxy groups -OCH3 is 2. The van der Waals surface area contributed by atoms with Gasteiger partial charge < -0.3 is 14.4 Å². The van der Waals surface area contributed by atoms with Crippen LogP contribution in [0.25, 0.3) is 0 Å². The Kier molecular flexibility index (Phi) is 6.78. The van der Waals surface area contributed by atoms with E-state index in [-0.39, 0.29) is 22.8 Å². The molecule has 3 heterocycles. The number of carbonyl (C=O) groups is 1. The van der Waals surface area contributed by atoms with Gasteiger partial charge in [0.25, 0.3) is 0 Å². The lowest BCUT2D eigenvalue weighted by Crippen LogP contribution is -2.47. The van der Waals surface area contributed by atoms with Gasteiger partial charge in [-0.25, -0.2) is 8.42 Å². The Bertz CT molecular complexity index is 1070. The molecular formula is C23H30N2O5S2. The van der Waals surface area contributed by atoms with Crippen LogP contribution in [0, 0.1) is 5.92 Å². The number of sulfonamides is 1. The van der Waals surface area contributed by atoms with Crippen LogP contribution in [0.2, 0.25) is 0 Å². The van der Waals surface area contributed by atoms with Crippen LogP contribution in [0.3, 0.4) is 0 Å². The lowest BCUT2D eigenvalue weighted by Gasteiger charge is -2.39. The van der Waals surface area contributed by atoms with Crippen LogP contribution in [-0.4, -0.2) is 57.4 Å². The zero-order chi connectivity index (χ0) is 22.9. The summed E-state index contributed by atoms with van der Waals surface area (Å²) in [5.74, 6) is 0.886. The number of amides is 1. The summed E-state index contributed by atoms with van der Waals surface area (Å²) in [7, 11) is -0.674. The predicted molar refractivity (Wildman–Crippen MR) is 124 cm³/mol. The van der Waals surface area contributed by atoms with Crippen molar-refractivity contribution < 1.29 is 22.7 Å². The molecule has 0 saturated carbocycles. The fourth-order valence-corrected chi connectivity index (χ4v) is 7.22. The van der Waals surface area contributed by atoms with Gasteiger partial charge in [0.1, 0.15) is 0 Å². The minimum atomic E-state index is -3.67. The molecule has 0 spiro atoms. The second-order valence-corrected chi connectivity index (χ2v) is 11.1. The molecule has 2 aromatic rings. The lowest BCUT2D eigenvalue weighted by molar-refractivity contribution is -0.139. The summed E-state index contributed by atoms with van der Waals surface area (Å²) in [4.78, 5) is 17.0. The Hall–Kier alpha value is -2.10. The van der Waals surface area contributed by atoms with E-state index in [0.717, 1.165) is 19.4 Å². The first-order chi connectivity index (χ1) is 15.4. The molecule has 0 aliphatic carbocycles. The van der Waals surface area contributed by atoms with Crippen LogP contribution in [0.4, 0.5) is 0 Å². The van der Waals surface area contributed by atoms with E-state index in [9.17, 15) is 13.2 Å². The van der Waals surface area contributed by atoms with Crippen molar-refractivity contribution in [3.63, 3.8) is 0 Å². The molecule has 0 bridgehead atoms. The first kappa shape index (κ1) is 23.1. The van der Waals surface area contributed by atoms with Crippen molar-refractivity contribution >= 4 is 27.3 Å². The van der Waals surface area contributed by atoms with Crippen LogP contribution < -0.4 is 9.47 Å². The van der Waals surface area contributed by atoms with Crippen molar-refractivity contribution in [3.05, 3.63) is 40.1 Å². The molecule has 32 heavy (non-hydrogen) atoms. The molecular weight excluding hydrogens is 448 g/mol. The van der Waals surface area contributed by atoms with Gasteiger partial charge in [0.2, 0.25) is 15.9 Å². The number of hydrogen-bond donors (Lipinski definition) is 0. The summed E-state index contributed by atoms with van der Waals surface area (Å²) < 4.78 is 38.3. The average Bonchev–Trinajstić information content (AvgIpc) is 3.31. The van der Waals surface area contributed by atoms with Crippen LogP contribution in [0.5, 0.6) is 11.5 Å². The standard InChI is InChI=1S/C23H30N2O5S2/c1-4-19-18-10-14-31-22(18)9-13-25(19)23(26)16-7-11-24(12-8-16)32(27,28)17-5-6-20(29-2)21(15-17)30-3/h5-6,10,14-16,19H,4,7-9,11-13H2,1-3H3/t19-/m0/s1. The van der Waals surface area contributed by atoms with Crippen molar-refractivity contribution in [2.24, 2.45) is 5.92 Å². The monoisotopic (exact) mass is 478 g/mol. The summed E-state index contributed by atoms with van der Waals surface area (Å²) in [5, 5.41) is 2.11. The lowest BCUT2D eigenvalue weighted by atomic mass is 9.92. The number of rotatable bonds is 6. The van der Waals surface area contributed by atoms with Gasteiger partial charge in [-0.3, -0.25) is 4.79 Å². The van der Waals surface area contributed by atoms with E-state index in [2.05, 4.69) is 18.4 Å². The highest BCUT2D eigenvalue weighted by molar-refractivity contribution is 7.89. The normalized spacial score (nSPS) is 20.1. The number of fused-ring (bicyclic) bond motifs is 1. The molecule has 1 amide bonds. The minimum Gasteiger partial charge on any atom is -0.493 e. The maximum atomic E-state index is 13.4. The fourth-order valence-electron chi connectivity index (χ4n) is 4.80. The molecule has 0 radical (unpaired) electrons. The molecule has 2 aliphatic heterocycles. The van der Waals surface area contributed by atoms with Crippen molar-refractivity contribution in [2.45, 2.75) is 43.5 Å². The van der Waals surface area contributed by atoms with Gasteiger partial charge in [-0.1, -0.05) is 6.92 Å². The third kappa shape index (κ3) is 4.13. The summed E-state index contributed by atoms with van der Waals surface area (Å²) in [6.45, 7) is 3.54. The van der Waals surface area contributed by atoms with E-state index < -0.39 is 10.0 Å². The molecule has 2 aliphatic rings. The number of piperidine rings is 1. The quantitative estimate of drug-likeness (QED) is 0.633. The first-order valence-corrected chi connectivity index (χ1v) is 13.3. The van der Waals surface area contributed by atoms with Gasteiger partial charge >= 0.3 is 0 Å². The highest BCUT2D eigenvalue weighted by atomic mass is 32.2. The van der Waals surface area contributed by atoms with Crippen molar-refractivity contribution in [1.82, 2.24) is 9.21 Å². The highest BCUT2D eigenvalue weighted by Crippen LogP contribution is 2.37. The number of hydrogen-bond acceptors (Lipinski definition) is 6. The van der Waals surface area contributed by atoms with Crippen LogP contribution in [0.1, 0.15) is 42.7 Å². The number of ether oxygens (including phenoxy) is 2. The SMILES string of the molecule is CC[C@H]1c2ccsc2CCN1C(=O)C1CCN(S(=O)(=O)c2ccc(OC)c(OC)c2)CC1. The third-order valence-electron chi connectivity index (χ3n) is 6.56.